The standard InChI is InChI=1S/C6H9NO2/c1-4(2)3-5(8)6(7)9/h1,3H2,2H3,(H2,7,9). The van der Waals surface area contributed by atoms with Gasteiger partial charge in [0.05, 0.1) is 0 Å². The molecule has 0 aliphatic heterocycles. The fourth-order valence-corrected chi connectivity index (χ4v) is 0.361. The lowest BCUT2D eigenvalue weighted by molar-refractivity contribution is -0.135. The first kappa shape index (κ1) is 7.88. The maximum absolute atomic E-state index is 10.4. The van der Waals surface area contributed by atoms with Crippen molar-refractivity contribution >= 4 is 11.7 Å². The zero-order valence-corrected chi connectivity index (χ0v) is 5.31. The number of primary amides is 1. The third-order valence-electron chi connectivity index (χ3n) is 0.737. The second-order valence-electron chi connectivity index (χ2n) is 1.92. The molecule has 2 N–H and O–H groups in total. The van der Waals surface area contributed by atoms with Gasteiger partial charge in [-0.2, -0.15) is 0 Å². The van der Waals surface area contributed by atoms with Gasteiger partial charge >= 0.3 is 0 Å². The lowest BCUT2D eigenvalue weighted by Crippen LogP contribution is -2.22. The predicted octanol–water partition coefficient (Wildman–Crippen LogP) is 0.00700. The highest BCUT2D eigenvalue weighted by Crippen LogP contribution is 1.94. The summed E-state index contributed by atoms with van der Waals surface area (Å²) in [5, 5.41) is 0. The number of amides is 1. The normalized spacial score (nSPS) is 8.56. The minimum atomic E-state index is -0.891. The number of hydrogen-bond donors (Lipinski definition) is 1. The largest absolute Gasteiger partial charge is 0.363 e. The number of rotatable bonds is 3. The molecule has 0 rings (SSSR count). The molecular formula is C6H9NO2. The SMILES string of the molecule is C=C(C)CC(=O)C(N)=O. The minimum Gasteiger partial charge on any atom is -0.363 e. The number of nitrogens with two attached hydrogens (primary N) is 1. The van der Waals surface area contributed by atoms with Crippen molar-refractivity contribution in [3.63, 3.8) is 0 Å². The third-order valence-corrected chi connectivity index (χ3v) is 0.737. The summed E-state index contributed by atoms with van der Waals surface area (Å²) >= 11 is 0. The molecule has 3 nitrogen and oxygen atoms in total. The van der Waals surface area contributed by atoms with Crippen LogP contribution >= 0.6 is 0 Å². The highest BCUT2D eigenvalue weighted by molar-refractivity contribution is 6.36. The zero-order valence-electron chi connectivity index (χ0n) is 5.31. The van der Waals surface area contributed by atoms with E-state index in [1.165, 1.54) is 0 Å². The fraction of sp³-hybridized carbons (Fsp3) is 0.333. The number of Topliss-reactive ketones (excluding diaryl/α,β-unsaturated/α-hetero) is 1. The van der Waals surface area contributed by atoms with E-state index >= 15 is 0 Å². The molecule has 50 valence electrons. The summed E-state index contributed by atoms with van der Waals surface area (Å²) in [5.41, 5.74) is 5.31. The number of hydrogen-bond acceptors (Lipinski definition) is 2. The molecule has 0 aliphatic carbocycles. The van der Waals surface area contributed by atoms with Crippen LogP contribution in [-0.4, -0.2) is 11.7 Å². The van der Waals surface area contributed by atoms with E-state index in [9.17, 15) is 9.59 Å². The van der Waals surface area contributed by atoms with E-state index in [1.807, 2.05) is 0 Å². The summed E-state index contributed by atoms with van der Waals surface area (Å²) in [6.07, 6.45) is 0.0648. The van der Waals surface area contributed by atoms with Crippen LogP contribution in [0.3, 0.4) is 0 Å². The molecule has 0 aromatic rings. The molecule has 0 heterocycles. The number of ketones is 1. The zero-order chi connectivity index (χ0) is 7.44. The molecule has 0 aliphatic rings. The van der Waals surface area contributed by atoms with Gasteiger partial charge in [0, 0.05) is 6.42 Å². The number of carbonyl (C=O) groups is 2. The highest BCUT2D eigenvalue weighted by atomic mass is 16.2. The molecule has 1 amide bonds. The molecule has 0 atom stereocenters. The monoisotopic (exact) mass is 127 g/mol. The van der Waals surface area contributed by atoms with Gasteiger partial charge in [-0.3, -0.25) is 9.59 Å². The van der Waals surface area contributed by atoms with Gasteiger partial charge in [-0.1, -0.05) is 12.2 Å². The first-order valence-corrected chi connectivity index (χ1v) is 2.51. The van der Waals surface area contributed by atoms with Gasteiger partial charge in [0.15, 0.2) is 0 Å². The molecule has 3 heteroatoms. The Bertz CT molecular complexity index is 160. The van der Waals surface area contributed by atoms with Crippen molar-refractivity contribution < 1.29 is 9.59 Å². The van der Waals surface area contributed by atoms with Gasteiger partial charge in [-0.05, 0) is 6.92 Å². The van der Waals surface area contributed by atoms with Gasteiger partial charge in [0.2, 0.25) is 5.78 Å². The smallest absolute Gasteiger partial charge is 0.285 e. The van der Waals surface area contributed by atoms with E-state index in [0.717, 1.165) is 0 Å². The molecule has 0 fully saturated rings. The molecule has 0 spiro atoms. The Morgan fingerprint density at radius 2 is 2.00 bits per heavy atom. The molecule has 0 unspecified atom stereocenters. The summed E-state index contributed by atoms with van der Waals surface area (Å²) in [6, 6.07) is 0. The molecule has 0 aromatic heterocycles. The van der Waals surface area contributed by atoms with E-state index in [4.69, 9.17) is 0 Å². The molecule has 0 saturated carbocycles. The van der Waals surface area contributed by atoms with Crippen LogP contribution < -0.4 is 5.73 Å². The summed E-state index contributed by atoms with van der Waals surface area (Å²) in [6.45, 7) is 5.12. The Morgan fingerprint density at radius 1 is 1.56 bits per heavy atom. The fourth-order valence-electron chi connectivity index (χ4n) is 0.361. The Morgan fingerprint density at radius 3 is 2.11 bits per heavy atom. The topological polar surface area (TPSA) is 60.2 Å². The maximum atomic E-state index is 10.4. The van der Waals surface area contributed by atoms with E-state index in [2.05, 4.69) is 12.3 Å². The lowest BCUT2D eigenvalue weighted by Gasteiger charge is -1.91. The Balaban J connectivity index is 3.79. The Hall–Kier alpha value is -1.12. The molecular weight excluding hydrogens is 118 g/mol. The van der Waals surface area contributed by atoms with Crippen molar-refractivity contribution in [1.29, 1.82) is 0 Å². The molecule has 0 bridgehead atoms. The summed E-state index contributed by atoms with van der Waals surface area (Å²) in [7, 11) is 0. The van der Waals surface area contributed by atoms with Crippen LogP contribution in [0.25, 0.3) is 0 Å². The van der Waals surface area contributed by atoms with Crippen LogP contribution in [0.1, 0.15) is 13.3 Å². The molecule has 9 heavy (non-hydrogen) atoms. The number of allylic oxidation sites excluding steroid dienone is 1. The van der Waals surface area contributed by atoms with Gasteiger partial charge < -0.3 is 5.73 Å². The predicted molar refractivity (Wildman–Crippen MR) is 33.6 cm³/mol. The first-order valence-electron chi connectivity index (χ1n) is 2.51. The van der Waals surface area contributed by atoms with Crippen molar-refractivity contribution in [3.05, 3.63) is 12.2 Å². The highest BCUT2D eigenvalue weighted by Gasteiger charge is 2.06. The molecule has 0 radical (unpaired) electrons. The van der Waals surface area contributed by atoms with E-state index < -0.39 is 11.7 Å². The van der Waals surface area contributed by atoms with Gasteiger partial charge in [0.1, 0.15) is 0 Å². The average Bonchev–Trinajstić information content (AvgIpc) is 1.63. The summed E-state index contributed by atoms with van der Waals surface area (Å²) in [5.74, 6) is -1.47. The van der Waals surface area contributed by atoms with Crippen molar-refractivity contribution in [2.24, 2.45) is 5.73 Å². The second-order valence-corrected chi connectivity index (χ2v) is 1.92. The average molecular weight is 127 g/mol. The van der Waals surface area contributed by atoms with Gasteiger partial charge in [-0.15, -0.1) is 0 Å². The number of carbonyl (C=O) groups excluding carboxylic acids is 2. The summed E-state index contributed by atoms with van der Waals surface area (Å²) < 4.78 is 0. The van der Waals surface area contributed by atoms with Crippen LogP contribution in [-0.2, 0) is 9.59 Å². The Labute approximate surface area is 53.5 Å². The van der Waals surface area contributed by atoms with Crippen LogP contribution in [0.15, 0.2) is 12.2 Å². The van der Waals surface area contributed by atoms with Crippen LogP contribution in [0.2, 0.25) is 0 Å². The van der Waals surface area contributed by atoms with Gasteiger partial charge in [0.25, 0.3) is 5.91 Å². The lowest BCUT2D eigenvalue weighted by atomic mass is 10.2. The van der Waals surface area contributed by atoms with Crippen LogP contribution in [0, 0.1) is 0 Å². The van der Waals surface area contributed by atoms with Crippen molar-refractivity contribution in [3.8, 4) is 0 Å². The summed E-state index contributed by atoms with van der Waals surface area (Å²) in [4.78, 5) is 20.5. The van der Waals surface area contributed by atoms with Gasteiger partial charge in [-0.25, -0.2) is 0 Å². The maximum Gasteiger partial charge on any atom is 0.285 e. The molecule has 0 aromatic carbocycles. The Kier molecular flexibility index (Phi) is 2.64. The third kappa shape index (κ3) is 3.46. The van der Waals surface area contributed by atoms with E-state index in [-0.39, 0.29) is 6.42 Å². The second kappa shape index (κ2) is 3.02. The van der Waals surface area contributed by atoms with Crippen LogP contribution in [0.5, 0.6) is 0 Å². The molecule has 0 saturated heterocycles. The quantitative estimate of drug-likeness (QED) is 0.428. The van der Waals surface area contributed by atoms with Crippen molar-refractivity contribution in [1.82, 2.24) is 0 Å². The van der Waals surface area contributed by atoms with Crippen molar-refractivity contribution in [2.45, 2.75) is 13.3 Å². The van der Waals surface area contributed by atoms with Crippen LogP contribution in [0.4, 0.5) is 0 Å². The first-order chi connectivity index (χ1) is 4.04. The van der Waals surface area contributed by atoms with E-state index in [0.29, 0.717) is 5.57 Å². The minimum absolute atomic E-state index is 0.0648. The van der Waals surface area contributed by atoms with Crippen molar-refractivity contribution in [2.75, 3.05) is 0 Å². The van der Waals surface area contributed by atoms with E-state index in [1.54, 1.807) is 6.92 Å².